The van der Waals surface area contributed by atoms with Crippen molar-refractivity contribution in [2.24, 2.45) is 11.8 Å². The highest BCUT2D eigenvalue weighted by atomic mass is 35.5. The van der Waals surface area contributed by atoms with Crippen LogP contribution in [0.1, 0.15) is 6.92 Å². The van der Waals surface area contributed by atoms with Gasteiger partial charge in [-0.1, -0.05) is 36.2 Å². The van der Waals surface area contributed by atoms with E-state index < -0.39 is 11.9 Å². The molecule has 0 spiro atoms. The summed E-state index contributed by atoms with van der Waals surface area (Å²) in [7, 11) is 0. The van der Waals surface area contributed by atoms with Gasteiger partial charge in [-0.05, 0) is 12.1 Å². The van der Waals surface area contributed by atoms with E-state index in [2.05, 4.69) is 5.32 Å². The standard InChI is InChI=1S/C13H14Cl2N2O3/c1-7(12(18)19)8-5-17(6-8)13(20)16-10-4-2-3-9(14)11(10)15/h2-4,7-8H,5-6H2,1H3,(H,16,20)(H,18,19). The average Bonchev–Trinajstić information content (AvgIpc) is 2.33. The zero-order chi connectivity index (χ0) is 14.9. The maximum atomic E-state index is 12.0. The minimum atomic E-state index is -0.840. The van der Waals surface area contributed by atoms with E-state index in [4.69, 9.17) is 28.3 Å². The van der Waals surface area contributed by atoms with Crippen molar-refractivity contribution in [1.82, 2.24) is 4.90 Å². The van der Waals surface area contributed by atoms with Crippen molar-refractivity contribution in [2.75, 3.05) is 18.4 Å². The Kier molecular flexibility index (Phi) is 4.40. The molecule has 1 aromatic carbocycles. The number of carbonyl (C=O) groups excluding carboxylic acids is 1. The monoisotopic (exact) mass is 316 g/mol. The number of carboxylic acid groups (broad SMARTS) is 1. The number of halogens is 2. The van der Waals surface area contributed by atoms with Gasteiger partial charge < -0.3 is 15.3 Å². The van der Waals surface area contributed by atoms with Gasteiger partial charge in [0.1, 0.15) is 0 Å². The Morgan fingerprint density at radius 2 is 2.05 bits per heavy atom. The zero-order valence-electron chi connectivity index (χ0n) is 10.8. The van der Waals surface area contributed by atoms with E-state index in [1.807, 2.05) is 0 Å². The maximum Gasteiger partial charge on any atom is 0.321 e. The van der Waals surface area contributed by atoms with Crippen LogP contribution in [0.3, 0.4) is 0 Å². The minimum absolute atomic E-state index is 0.00640. The first-order chi connectivity index (χ1) is 9.40. The molecule has 108 valence electrons. The Morgan fingerprint density at radius 1 is 1.40 bits per heavy atom. The molecule has 1 atom stereocenters. The summed E-state index contributed by atoms with van der Waals surface area (Å²) < 4.78 is 0. The summed E-state index contributed by atoms with van der Waals surface area (Å²) in [6.45, 7) is 2.51. The van der Waals surface area contributed by atoms with Gasteiger partial charge in [0, 0.05) is 19.0 Å². The summed E-state index contributed by atoms with van der Waals surface area (Å²) in [5, 5.41) is 12.2. The molecule has 1 fully saturated rings. The van der Waals surface area contributed by atoms with Crippen molar-refractivity contribution in [3.8, 4) is 0 Å². The number of carboxylic acids is 1. The van der Waals surface area contributed by atoms with E-state index in [0.717, 1.165) is 0 Å². The molecular formula is C13H14Cl2N2O3. The highest BCUT2D eigenvalue weighted by Crippen LogP contribution is 2.31. The minimum Gasteiger partial charge on any atom is -0.481 e. The predicted molar refractivity (Wildman–Crippen MR) is 77.3 cm³/mol. The van der Waals surface area contributed by atoms with Gasteiger partial charge in [0.2, 0.25) is 0 Å². The molecule has 0 bridgehead atoms. The third-order valence-electron chi connectivity index (χ3n) is 3.49. The second-order valence-electron chi connectivity index (χ2n) is 4.82. The number of benzene rings is 1. The number of amides is 2. The molecule has 1 saturated heterocycles. The van der Waals surface area contributed by atoms with Crippen LogP contribution in [0.4, 0.5) is 10.5 Å². The normalized spacial score (nSPS) is 16.4. The van der Waals surface area contributed by atoms with Gasteiger partial charge in [-0.2, -0.15) is 0 Å². The highest BCUT2D eigenvalue weighted by molar-refractivity contribution is 6.43. The summed E-state index contributed by atoms with van der Waals surface area (Å²) in [4.78, 5) is 24.3. The summed E-state index contributed by atoms with van der Waals surface area (Å²) in [5.41, 5.74) is 0.443. The number of urea groups is 1. The Hall–Kier alpha value is -1.46. The van der Waals surface area contributed by atoms with Crippen LogP contribution in [0.5, 0.6) is 0 Å². The van der Waals surface area contributed by atoms with Gasteiger partial charge >= 0.3 is 12.0 Å². The molecule has 2 amide bonds. The molecule has 0 radical (unpaired) electrons. The molecule has 1 aliphatic rings. The first-order valence-corrected chi connectivity index (χ1v) is 6.88. The van der Waals surface area contributed by atoms with Crippen molar-refractivity contribution in [3.63, 3.8) is 0 Å². The Bertz CT molecular complexity index is 544. The molecule has 2 N–H and O–H groups in total. The summed E-state index contributed by atoms with van der Waals surface area (Å²) in [6, 6.07) is 4.68. The van der Waals surface area contributed by atoms with Crippen molar-refractivity contribution >= 4 is 40.9 Å². The first kappa shape index (κ1) is 14.9. The third kappa shape index (κ3) is 2.99. The van der Waals surface area contributed by atoms with Crippen LogP contribution in [-0.4, -0.2) is 35.1 Å². The molecule has 0 aromatic heterocycles. The van der Waals surface area contributed by atoms with Gasteiger partial charge in [-0.25, -0.2) is 4.79 Å². The van der Waals surface area contributed by atoms with E-state index in [0.29, 0.717) is 28.8 Å². The average molecular weight is 317 g/mol. The lowest BCUT2D eigenvalue weighted by atomic mass is 9.87. The maximum absolute atomic E-state index is 12.0. The quantitative estimate of drug-likeness (QED) is 0.899. The van der Waals surface area contributed by atoms with E-state index in [-0.39, 0.29) is 11.9 Å². The van der Waals surface area contributed by atoms with E-state index in [1.165, 1.54) is 0 Å². The second kappa shape index (κ2) is 5.89. The second-order valence-corrected chi connectivity index (χ2v) is 5.61. The molecule has 1 unspecified atom stereocenters. The fourth-order valence-electron chi connectivity index (χ4n) is 1.99. The largest absolute Gasteiger partial charge is 0.481 e. The number of hydrogen-bond donors (Lipinski definition) is 2. The van der Waals surface area contributed by atoms with Crippen LogP contribution in [0.15, 0.2) is 18.2 Å². The lowest BCUT2D eigenvalue weighted by molar-refractivity contribution is -0.144. The van der Waals surface area contributed by atoms with Crippen LogP contribution in [0, 0.1) is 11.8 Å². The molecule has 7 heteroatoms. The lowest BCUT2D eigenvalue weighted by Crippen LogP contribution is -2.54. The van der Waals surface area contributed by atoms with Crippen LogP contribution in [0.2, 0.25) is 10.0 Å². The highest BCUT2D eigenvalue weighted by Gasteiger charge is 2.37. The van der Waals surface area contributed by atoms with Crippen LogP contribution < -0.4 is 5.32 Å². The third-order valence-corrected chi connectivity index (χ3v) is 4.31. The number of likely N-dealkylation sites (tertiary alicyclic amines) is 1. The molecule has 1 aromatic rings. The van der Waals surface area contributed by atoms with Crippen molar-refractivity contribution in [2.45, 2.75) is 6.92 Å². The Labute approximate surface area is 126 Å². The number of nitrogens with zero attached hydrogens (tertiary/aromatic N) is 1. The van der Waals surface area contributed by atoms with Crippen LogP contribution in [-0.2, 0) is 4.79 Å². The number of hydrogen-bond acceptors (Lipinski definition) is 2. The number of nitrogens with one attached hydrogen (secondary N) is 1. The van der Waals surface area contributed by atoms with Gasteiger partial charge in [-0.15, -0.1) is 0 Å². The Balaban J connectivity index is 1.92. The summed E-state index contributed by atoms with van der Waals surface area (Å²) in [5.74, 6) is -1.30. The molecule has 0 aliphatic carbocycles. The van der Waals surface area contributed by atoms with Crippen LogP contribution in [0.25, 0.3) is 0 Å². The number of anilines is 1. The van der Waals surface area contributed by atoms with Crippen LogP contribution >= 0.6 is 23.2 Å². The number of aliphatic carboxylic acids is 1. The van der Waals surface area contributed by atoms with Crippen molar-refractivity contribution in [1.29, 1.82) is 0 Å². The van der Waals surface area contributed by atoms with Gasteiger partial charge in [0.05, 0.1) is 21.7 Å². The van der Waals surface area contributed by atoms with E-state index in [1.54, 1.807) is 30.0 Å². The fraction of sp³-hybridized carbons (Fsp3) is 0.385. The molecule has 2 rings (SSSR count). The number of rotatable bonds is 3. The smallest absolute Gasteiger partial charge is 0.321 e. The lowest BCUT2D eigenvalue weighted by Gasteiger charge is -2.41. The number of carbonyl (C=O) groups is 2. The SMILES string of the molecule is CC(C(=O)O)C1CN(C(=O)Nc2cccc(Cl)c2Cl)C1. The van der Waals surface area contributed by atoms with Gasteiger partial charge in [0.15, 0.2) is 0 Å². The Morgan fingerprint density at radius 3 is 2.65 bits per heavy atom. The molecule has 20 heavy (non-hydrogen) atoms. The summed E-state index contributed by atoms with van der Waals surface area (Å²) in [6.07, 6.45) is 0. The molecular weight excluding hydrogens is 303 g/mol. The predicted octanol–water partition coefficient (Wildman–Crippen LogP) is 3.18. The zero-order valence-corrected chi connectivity index (χ0v) is 12.3. The molecule has 1 heterocycles. The van der Waals surface area contributed by atoms with Gasteiger partial charge in [-0.3, -0.25) is 4.79 Å². The molecule has 1 aliphatic heterocycles. The van der Waals surface area contributed by atoms with E-state index in [9.17, 15) is 9.59 Å². The fourth-order valence-corrected chi connectivity index (χ4v) is 2.34. The molecule has 0 saturated carbocycles. The first-order valence-electron chi connectivity index (χ1n) is 6.13. The summed E-state index contributed by atoms with van der Waals surface area (Å²) >= 11 is 11.8. The topological polar surface area (TPSA) is 69.6 Å². The van der Waals surface area contributed by atoms with E-state index >= 15 is 0 Å². The molecule has 5 nitrogen and oxygen atoms in total. The van der Waals surface area contributed by atoms with Crippen molar-refractivity contribution in [3.05, 3.63) is 28.2 Å². The van der Waals surface area contributed by atoms with Crippen molar-refractivity contribution < 1.29 is 14.7 Å². The van der Waals surface area contributed by atoms with Gasteiger partial charge in [0.25, 0.3) is 0 Å².